The van der Waals surface area contributed by atoms with E-state index in [9.17, 15) is 19.2 Å². The molecule has 0 aliphatic carbocycles. The molecule has 0 unspecified atom stereocenters. The second kappa shape index (κ2) is 17.7. The van der Waals surface area contributed by atoms with E-state index >= 15 is 0 Å². The van der Waals surface area contributed by atoms with E-state index in [1.54, 1.807) is 13.8 Å². The molecule has 0 heterocycles. The molecule has 0 amide bonds. The van der Waals surface area contributed by atoms with E-state index in [0.717, 1.165) is 0 Å². The molecule has 0 rings (SSSR count). The lowest BCUT2D eigenvalue weighted by atomic mass is 10.2. The summed E-state index contributed by atoms with van der Waals surface area (Å²) in [4.78, 5) is 40.2. The molecule has 0 aliphatic rings. The summed E-state index contributed by atoms with van der Waals surface area (Å²) in [5.74, 6) is -3.18. The minimum atomic E-state index is -1.31. The van der Waals surface area contributed by atoms with Crippen molar-refractivity contribution in [2.24, 2.45) is 0 Å². The van der Waals surface area contributed by atoms with Crippen molar-refractivity contribution >= 4 is 23.9 Å². The van der Waals surface area contributed by atoms with E-state index in [4.69, 9.17) is 10.2 Å². The molecular formula is C17H28O8. The highest BCUT2D eigenvalue weighted by molar-refractivity contribution is 5.89. The summed E-state index contributed by atoms with van der Waals surface area (Å²) < 4.78 is 9.31. The number of carbonyl (C=O) groups is 4. The van der Waals surface area contributed by atoms with Crippen LogP contribution >= 0.6 is 0 Å². The van der Waals surface area contributed by atoms with E-state index in [1.807, 2.05) is 13.8 Å². The minimum Gasteiger partial charge on any atom is -0.481 e. The molecular weight excluding hydrogens is 332 g/mol. The quantitative estimate of drug-likeness (QED) is 0.384. The molecule has 0 aromatic carbocycles. The number of carboxylic acid groups (broad SMARTS) is 2. The fourth-order valence-electron chi connectivity index (χ4n) is 0.884. The fourth-order valence-corrected chi connectivity index (χ4v) is 0.884. The zero-order valence-electron chi connectivity index (χ0n) is 15.3. The molecule has 8 heteroatoms. The van der Waals surface area contributed by atoms with Crippen molar-refractivity contribution < 1.29 is 38.9 Å². The fraction of sp³-hybridized carbons (Fsp3) is 0.529. The zero-order valence-corrected chi connectivity index (χ0v) is 15.3. The summed E-state index contributed by atoms with van der Waals surface area (Å²) in [6.07, 6.45) is 0.525. The van der Waals surface area contributed by atoms with Gasteiger partial charge in [-0.2, -0.15) is 0 Å². The molecule has 25 heavy (non-hydrogen) atoms. The van der Waals surface area contributed by atoms with Gasteiger partial charge in [-0.3, -0.25) is 9.59 Å². The van der Waals surface area contributed by atoms with Gasteiger partial charge in [-0.15, -0.1) is 0 Å². The Kier molecular flexibility index (Phi) is 19.3. The average Bonchev–Trinajstić information content (AvgIpc) is 2.53. The van der Waals surface area contributed by atoms with Crippen LogP contribution in [0.5, 0.6) is 0 Å². The number of hydrogen-bond donors (Lipinski definition) is 2. The summed E-state index contributed by atoms with van der Waals surface area (Å²) in [7, 11) is 0. The number of carbonyl (C=O) groups excluding carboxylic acids is 2. The molecule has 0 fully saturated rings. The third kappa shape index (κ3) is 21.4. The van der Waals surface area contributed by atoms with Gasteiger partial charge in [0.1, 0.15) is 6.42 Å². The Labute approximate surface area is 148 Å². The van der Waals surface area contributed by atoms with Crippen molar-refractivity contribution in [3.8, 4) is 0 Å². The van der Waals surface area contributed by atoms with Gasteiger partial charge < -0.3 is 19.7 Å². The highest BCUT2D eigenvalue weighted by Crippen LogP contribution is 1.98. The molecule has 0 bridgehead atoms. The maximum absolute atomic E-state index is 10.7. The predicted molar refractivity (Wildman–Crippen MR) is 92.0 cm³/mol. The first-order valence-electron chi connectivity index (χ1n) is 7.70. The van der Waals surface area contributed by atoms with E-state index in [0.29, 0.717) is 37.2 Å². The van der Waals surface area contributed by atoms with E-state index in [-0.39, 0.29) is 11.9 Å². The van der Waals surface area contributed by atoms with E-state index in [2.05, 4.69) is 22.6 Å². The van der Waals surface area contributed by atoms with Crippen LogP contribution in [-0.4, -0.2) is 47.3 Å². The van der Waals surface area contributed by atoms with Crippen molar-refractivity contribution in [1.82, 2.24) is 0 Å². The standard InChI is InChI=1S/2C7H12O2.C3H4O4/c2*1-4-6(3)7(8)9-5-2;4-2(5)1-3(6)7/h2*3-5H2,1-2H3;1H2,(H,4,5)(H,6,7). The molecule has 0 aliphatic heterocycles. The molecule has 144 valence electrons. The van der Waals surface area contributed by atoms with E-state index in [1.165, 1.54) is 0 Å². The number of rotatable bonds is 8. The molecule has 0 radical (unpaired) electrons. The summed E-state index contributed by atoms with van der Waals surface area (Å²) in [6.45, 7) is 15.2. The SMILES string of the molecule is C=C(CC)C(=O)OCC.C=C(CC)C(=O)OCC.O=C(O)CC(=O)O. The van der Waals surface area contributed by atoms with E-state index < -0.39 is 18.4 Å². The summed E-state index contributed by atoms with van der Waals surface area (Å²) in [5, 5.41) is 15.4. The Morgan fingerprint density at radius 1 is 0.720 bits per heavy atom. The maximum atomic E-state index is 10.7. The molecule has 0 atom stereocenters. The zero-order chi connectivity index (χ0) is 20.4. The summed E-state index contributed by atoms with van der Waals surface area (Å²) in [6, 6.07) is 0. The third-order valence-electron chi connectivity index (χ3n) is 2.28. The van der Waals surface area contributed by atoms with Crippen molar-refractivity contribution in [1.29, 1.82) is 0 Å². The molecule has 8 nitrogen and oxygen atoms in total. The summed E-state index contributed by atoms with van der Waals surface area (Å²) >= 11 is 0. The Morgan fingerprint density at radius 2 is 1.00 bits per heavy atom. The molecule has 0 aromatic rings. The Bertz CT molecular complexity index is 423. The van der Waals surface area contributed by atoms with Crippen LogP contribution in [0.2, 0.25) is 0 Å². The number of ether oxygens (including phenoxy) is 2. The van der Waals surface area contributed by atoms with Crippen molar-refractivity contribution in [3.63, 3.8) is 0 Å². The van der Waals surface area contributed by atoms with Crippen LogP contribution in [0.4, 0.5) is 0 Å². The monoisotopic (exact) mass is 360 g/mol. The van der Waals surface area contributed by atoms with Crippen molar-refractivity contribution in [2.75, 3.05) is 13.2 Å². The topological polar surface area (TPSA) is 127 Å². The van der Waals surface area contributed by atoms with Gasteiger partial charge in [0.05, 0.1) is 13.2 Å². The molecule has 0 saturated heterocycles. The van der Waals surface area contributed by atoms with Crippen LogP contribution in [0.1, 0.15) is 47.0 Å². The minimum absolute atomic E-state index is 0.278. The Morgan fingerprint density at radius 3 is 1.12 bits per heavy atom. The molecule has 0 saturated carbocycles. The van der Waals surface area contributed by atoms with Gasteiger partial charge in [-0.1, -0.05) is 27.0 Å². The van der Waals surface area contributed by atoms with Gasteiger partial charge in [-0.25, -0.2) is 9.59 Å². The van der Waals surface area contributed by atoms with Gasteiger partial charge in [0.25, 0.3) is 0 Å². The largest absolute Gasteiger partial charge is 0.481 e. The average molecular weight is 360 g/mol. The highest BCUT2D eigenvalue weighted by atomic mass is 16.5. The first kappa shape index (κ1) is 27.2. The number of esters is 2. The predicted octanol–water partition coefficient (Wildman–Crippen LogP) is 2.58. The molecule has 2 N–H and O–H groups in total. The second-order valence-corrected chi connectivity index (χ2v) is 4.32. The molecule has 0 aromatic heterocycles. The van der Waals surface area contributed by atoms with Crippen molar-refractivity contribution in [3.05, 3.63) is 24.3 Å². The lowest BCUT2D eigenvalue weighted by molar-refractivity contribution is -0.147. The van der Waals surface area contributed by atoms with Crippen LogP contribution in [0.3, 0.4) is 0 Å². The lowest BCUT2D eigenvalue weighted by Gasteiger charge is -1.99. The van der Waals surface area contributed by atoms with Gasteiger partial charge >= 0.3 is 23.9 Å². The van der Waals surface area contributed by atoms with Gasteiger partial charge in [0.15, 0.2) is 0 Å². The maximum Gasteiger partial charge on any atom is 0.333 e. The molecule has 0 spiro atoms. The Hall–Kier alpha value is -2.64. The summed E-state index contributed by atoms with van der Waals surface area (Å²) in [5.41, 5.74) is 1.08. The van der Waals surface area contributed by atoms with Gasteiger partial charge in [0.2, 0.25) is 0 Å². The number of carboxylic acids is 2. The van der Waals surface area contributed by atoms with Gasteiger partial charge in [0, 0.05) is 11.1 Å². The first-order chi connectivity index (χ1) is 11.6. The second-order valence-electron chi connectivity index (χ2n) is 4.32. The highest BCUT2D eigenvalue weighted by Gasteiger charge is 2.03. The van der Waals surface area contributed by atoms with Gasteiger partial charge in [-0.05, 0) is 26.7 Å². The van der Waals surface area contributed by atoms with Crippen LogP contribution in [0.25, 0.3) is 0 Å². The smallest absolute Gasteiger partial charge is 0.333 e. The lowest BCUT2D eigenvalue weighted by Crippen LogP contribution is -2.05. The van der Waals surface area contributed by atoms with Crippen LogP contribution < -0.4 is 0 Å². The van der Waals surface area contributed by atoms with Crippen LogP contribution in [0.15, 0.2) is 24.3 Å². The van der Waals surface area contributed by atoms with Crippen LogP contribution in [-0.2, 0) is 28.7 Å². The first-order valence-corrected chi connectivity index (χ1v) is 7.70. The number of hydrogen-bond acceptors (Lipinski definition) is 6. The third-order valence-corrected chi connectivity index (χ3v) is 2.28. The normalized spacial score (nSPS) is 8.48. The van der Waals surface area contributed by atoms with Crippen molar-refractivity contribution in [2.45, 2.75) is 47.0 Å². The number of aliphatic carboxylic acids is 2. The Balaban J connectivity index is -0.000000293. The van der Waals surface area contributed by atoms with Crippen LogP contribution in [0, 0.1) is 0 Å².